The first-order valence-corrected chi connectivity index (χ1v) is 8.94. The SMILES string of the molecule is CC.CC(C)=O.CN.CN1C(=O)C=CC1=O.CN=C=S.COC(C)=O.CS. The fraction of sp³-hybridized carbons (Fsp3) is 0.588. The van der Waals surface area contributed by atoms with E-state index in [0.29, 0.717) is 0 Å². The standard InChI is InChI=1S/C5H5NO2.C3H6O2.C3H6O.C2H3NS.C2H6.CH5N.CH4S/c1-6-4(7)2-3-5(6)8;1-3(4)5-2;1-3(2)4;1-3-2-4;3*1-2/h2-3H,1H3;1-2H3;1-2H3;1H3;1-2H3;2H2,1H3;2H,1H3. The number of thiol groups is 1. The summed E-state index contributed by atoms with van der Waals surface area (Å²) < 4.78 is 4.11. The summed E-state index contributed by atoms with van der Waals surface area (Å²) in [5, 5.41) is 2.14. The Balaban J connectivity index is -0.0000000516. The van der Waals surface area contributed by atoms with Crippen LogP contribution in [0.4, 0.5) is 0 Å². The summed E-state index contributed by atoms with van der Waals surface area (Å²) in [7, 11) is 5.89. The summed E-state index contributed by atoms with van der Waals surface area (Å²) >= 11 is 7.66. The zero-order valence-corrected chi connectivity index (χ0v) is 19.7. The second-order valence-electron chi connectivity index (χ2n) is 3.49. The van der Waals surface area contributed by atoms with Gasteiger partial charge in [0, 0.05) is 33.2 Å². The van der Waals surface area contributed by atoms with E-state index in [2.05, 4.69) is 45.5 Å². The first-order chi connectivity index (χ1) is 12.6. The number of hydrogen-bond acceptors (Lipinski definition) is 9. The van der Waals surface area contributed by atoms with Gasteiger partial charge in [-0.05, 0) is 39.4 Å². The number of aliphatic imine (C=N–C) groups is 1. The van der Waals surface area contributed by atoms with E-state index in [1.807, 2.05) is 13.8 Å². The predicted octanol–water partition coefficient (Wildman–Crippen LogP) is 2.18. The van der Waals surface area contributed by atoms with Crippen molar-refractivity contribution in [1.82, 2.24) is 4.90 Å². The molecule has 0 saturated carbocycles. The molecule has 1 heterocycles. The van der Waals surface area contributed by atoms with Crippen LogP contribution in [-0.4, -0.2) is 68.1 Å². The van der Waals surface area contributed by atoms with E-state index in [1.54, 1.807) is 13.3 Å². The quantitative estimate of drug-likeness (QED) is 0.201. The van der Waals surface area contributed by atoms with Gasteiger partial charge < -0.3 is 15.3 Å². The van der Waals surface area contributed by atoms with Crippen molar-refractivity contribution < 1.29 is 23.9 Å². The molecule has 0 saturated heterocycles. The third-order valence-corrected chi connectivity index (χ3v) is 1.59. The minimum Gasteiger partial charge on any atom is -0.469 e. The van der Waals surface area contributed by atoms with Crippen molar-refractivity contribution in [3.8, 4) is 0 Å². The highest BCUT2D eigenvalue weighted by Gasteiger charge is 2.17. The molecule has 0 radical (unpaired) electrons. The average Bonchev–Trinajstić information content (AvgIpc) is 2.97. The van der Waals surface area contributed by atoms with Crippen molar-refractivity contribution in [3.05, 3.63) is 12.2 Å². The molecule has 27 heavy (non-hydrogen) atoms. The second-order valence-corrected chi connectivity index (χ2v) is 3.67. The third kappa shape index (κ3) is 59.2. The van der Waals surface area contributed by atoms with Gasteiger partial charge in [0.1, 0.15) is 5.78 Å². The van der Waals surface area contributed by atoms with Gasteiger partial charge in [-0.25, -0.2) is 4.99 Å². The summed E-state index contributed by atoms with van der Waals surface area (Å²) in [5.41, 5.74) is 4.50. The van der Waals surface area contributed by atoms with Gasteiger partial charge in [0.25, 0.3) is 11.8 Å². The van der Waals surface area contributed by atoms with Crippen LogP contribution in [0.15, 0.2) is 17.1 Å². The van der Waals surface area contributed by atoms with E-state index in [1.165, 1.54) is 54.1 Å². The molecule has 1 rings (SSSR count). The summed E-state index contributed by atoms with van der Waals surface area (Å²) in [5.74, 6) is -0.560. The monoisotopic (exact) mass is 425 g/mol. The maximum atomic E-state index is 10.4. The number of carbonyl (C=O) groups is 4. The lowest BCUT2D eigenvalue weighted by molar-refractivity contribution is -0.138. The molecule has 1 aliphatic rings. The van der Waals surface area contributed by atoms with Crippen LogP contribution >= 0.6 is 24.8 Å². The molecule has 0 aromatic carbocycles. The van der Waals surface area contributed by atoms with E-state index < -0.39 is 0 Å². The van der Waals surface area contributed by atoms with Crippen molar-refractivity contribution in [2.75, 3.05) is 34.5 Å². The number of likely N-dealkylation sites (N-methyl/N-ethyl adjacent to an activating group) is 1. The van der Waals surface area contributed by atoms with Gasteiger partial charge in [-0.2, -0.15) is 12.6 Å². The van der Waals surface area contributed by atoms with Crippen LogP contribution in [0.25, 0.3) is 0 Å². The number of amides is 2. The fourth-order valence-electron chi connectivity index (χ4n) is 0.475. The molecule has 0 bridgehead atoms. The second kappa shape index (κ2) is 39.3. The predicted molar refractivity (Wildman–Crippen MR) is 118 cm³/mol. The number of esters is 1. The maximum absolute atomic E-state index is 10.4. The highest BCUT2D eigenvalue weighted by Crippen LogP contribution is 1.97. The lowest BCUT2D eigenvalue weighted by Crippen LogP contribution is -2.24. The Labute approximate surface area is 174 Å². The summed E-state index contributed by atoms with van der Waals surface area (Å²) in [4.78, 5) is 44.2. The summed E-state index contributed by atoms with van der Waals surface area (Å²) in [6.07, 6.45) is 4.20. The van der Waals surface area contributed by atoms with Gasteiger partial charge in [-0.1, -0.05) is 13.8 Å². The Hall–Kier alpha value is -1.87. The third-order valence-electron chi connectivity index (χ3n) is 1.41. The van der Waals surface area contributed by atoms with Crippen molar-refractivity contribution in [2.45, 2.75) is 34.6 Å². The number of carbonyl (C=O) groups excluding carboxylic acids is 4. The van der Waals surface area contributed by atoms with Crippen LogP contribution < -0.4 is 5.73 Å². The van der Waals surface area contributed by atoms with Gasteiger partial charge >= 0.3 is 5.97 Å². The van der Waals surface area contributed by atoms with Crippen LogP contribution in [0.3, 0.4) is 0 Å². The Morgan fingerprint density at radius 1 is 1.11 bits per heavy atom. The molecular weight excluding hydrogens is 390 g/mol. The Kier molecular flexibility index (Phi) is 58.2. The topological polar surface area (TPSA) is 119 Å². The maximum Gasteiger partial charge on any atom is 0.302 e. The van der Waals surface area contributed by atoms with E-state index in [4.69, 9.17) is 0 Å². The molecule has 2 amide bonds. The molecule has 1 aliphatic heterocycles. The smallest absolute Gasteiger partial charge is 0.302 e. The highest BCUT2D eigenvalue weighted by atomic mass is 32.1. The van der Waals surface area contributed by atoms with Crippen LogP contribution in [0.5, 0.6) is 0 Å². The van der Waals surface area contributed by atoms with Crippen LogP contribution in [0, 0.1) is 0 Å². The van der Waals surface area contributed by atoms with Gasteiger partial charge in [0.2, 0.25) is 0 Å². The molecule has 0 fully saturated rings. The zero-order chi connectivity index (χ0) is 23.4. The van der Waals surface area contributed by atoms with Crippen LogP contribution in [0.1, 0.15) is 34.6 Å². The summed E-state index contributed by atoms with van der Waals surface area (Å²) in [6, 6.07) is 0. The lowest BCUT2D eigenvalue weighted by atomic mass is 10.6. The number of nitrogens with zero attached hydrogens (tertiary/aromatic N) is 2. The number of rotatable bonds is 0. The molecule has 0 atom stereocenters. The van der Waals surface area contributed by atoms with Crippen molar-refractivity contribution >= 4 is 53.6 Å². The van der Waals surface area contributed by atoms with Crippen molar-refractivity contribution in [1.29, 1.82) is 0 Å². The Morgan fingerprint density at radius 3 is 1.33 bits per heavy atom. The van der Waals surface area contributed by atoms with E-state index in [9.17, 15) is 19.2 Å². The average molecular weight is 426 g/mol. The minimum absolute atomic E-state index is 0.167. The number of methoxy groups -OCH3 is 1. The lowest BCUT2D eigenvalue weighted by Gasteiger charge is -2.01. The molecule has 0 unspecified atom stereocenters. The number of ether oxygens (including phenoxy) is 1. The van der Waals surface area contributed by atoms with Gasteiger partial charge in [0.05, 0.1) is 12.3 Å². The first-order valence-electron chi connectivity index (χ1n) is 7.63. The van der Waals surface area contributed by atoms with E-state index in [0.717, 1.165) is 4.90 Å². The molecule has 2 N–H and O–H groups in total. The highest BCUT2D eigenvalue weighted by molar-refractivity contribution is 7.79. The van der Waals surface area contributed by atoms with Crippen molar-refractivity contribution in [3.63, 3.8) is 0 Å². The summed E-state index contributed by atoms with van der Waals surface area (Å²) in [6.45, 7) is 8.42. The van der Waals surface area contributed by atoms with Crippen LogP contribution in [-0.2, 0) is 23.9 Å². The Morgan fingerprint density at radius 2 is 1.30 bits per heavy atom. The van der Waals surface area contributed by atoms with Gasteiger partial charge in [-0.3, -0.25) is 19.3 Å². The number of isothiocyanates is 1. The fourth-order valence-corrected chi connectivity index (χ4v) is 0.475. The van der Waals surface area contributed by atoms with E-state index >= 15 is 0 Å². The molecule has 10 heteroatoms. The molecule has 160 valence electrons. The van der Waals surface area contributed by atoms with Crippen LogP contribution in [0.2, 0.25) is 0 Å². The normalized spacial score (nSPS) is 8.96. The minimum atomic E-state index is -0.245. The molecular formula is C17H35N3O5S2. The largest absolute Gasteiger partial charge is 0.469 e. The number of thiocarbonyl (C=S) groups is 1. The Bertz CT molecular complexity index is 428. The molecule has 0 aromatic heterocycles. The molecule has 0 spiro atoms. The van der Waals surface area contributed by atoms with Gasteiger partial charge in [0.15, 0.2) is 0 Å². The van der Waals surface area contributed by atoms with Crippen molar-refractivity contribution in [2.24, 2.45) is 10.7 Å². The molecule has 8 nitrogen and oxygen atoms in total. The zero-order valence-electron chi connectivity index (χ0n) is 18.0. The molecule has 0 aliphatic carbocycles. The number of hydrogen-bond donors (Lipinski definition) is 2. The number of nitrogens with two attached hydrogens (primary N) is 1. The van der Waals surface area contributed by atoms with Gasteiger partial charge in [-0.15, -0.1) is 0 Å². The number of imide groups is 1. The van der Waals surface area contributed by atoms with E-state index in [-0.39, 0.29) is 23.6 Å². The molecule has 0 aromatic rings. The number of Topliss-reactive ketones (excluding diaryl/α,β-unsaturated/α-hetero) is 1. The number of ketones is 1. The first kappa shape index (κ1) is 40.0.